The van der Waals surface area contributed by atoms with Gasteiger partial charge in [-0.25, -0.2) is 14.4 Å². The van der Waals surface area contributed by atoms with E-state index in [2.05, 4.69) is 36.7 Å². The lowest BCUT2D eigenvalue weighted by Crippen LogP contribution is -2.35. The maximum Gasteiger partial charge on any atom is 0.262 e. The lowest BCUT2D eigenvalue weighted by atomic mass is 10.1. The fourth-order valence-corrected chi connectivity index (χ4v) is 11.3. The summed E-state index contributed by atoms with van der Waals surface area (Å²) in [6, 6.07) is 33.9. The Hall–Kier alpha value is -8.55. The van der Waals surface area contributed by atoms with E-state index in [9.17, 15) is 23.6 Å². The maximum atomic E-state index is 13.5. The van der Waals surface area contributed by atoms with Crippen molar-refractivity contribution in [3.63, 3.8) is 0 Å². The van der Waals surface area contributed by atoms with Crippen LogP contribution in [0.1, 0.15) is 46.4 Å². The molecule has 2 aromatic heterocycles. The van der Waals surface area contributed by atoms with Gasteiger partial charge < -0.3 is 39.4 Å². The van der Waals surface area contributed by atoms with Crippen molar-refractivity contribution in [2.24, 2.45) is 9.98 Å². The molecule has 12 rings (SSSR count). The Morgan fingerprint density at radius 1 is 0.600 bits per heavy atom. The van der Waals surface area contributed by atoms with Crippen molar-refractivity contribution in [3.8, 4) is 44.1 Å². The van der Waals surface area contributed by atoms with Crippen molar-refractivity contribution in [2.75, 3.05) is 51.2 Å². The van der Waals surface area contributed by atoms with Crippen molar-refractivity contribution >= 4 is 102 Å². The second kappa shape index (κ2) is 21.1. The normalized spacial score (nSPS) is 16.3. The number of aliphatic imine (C=N–C) groups is 2. The molecule has 6 heterocycles. The smallest absolute Gasteiger partial charge is 0.262 e. The lowest BCUT2D eigenvalue weighted by molar-refractivity contribution is -0.118. The standard InChI is InChI=1S/C28H23FN4O4S.C28H24N4O4S/c1-36-23-12-20-22(30-14-19-3-2-10-33(19)28(20)35)13-24(23)37-15-26(34)31-18-7-4-16(5-8-18)27-32-21-9-6-17(29)11-25(21)38-27;1-35-23-13-20-22(29-15-19-5-4-12-32(19)28(20)34)14-24(23)36-16-26(33)30-18-10-8-17(9-11-18)27-31-21-6-2-3-7-25(21)37-27/h4-9,11-14,19H,2-3,10,15H2,1H3,(H,31,34);2-3,6-11,13-15,19H,4-5,12,16H2,1H3,(H,30,33)/t2*19-/m00/s1. The number of thiazole rings is 2. The molecule has 19 heteroatoms. The molecule has 2 fully saturated rings. The number of rotatable bonds is 12. The number of para-hydroxylation sites is 1. The van der Waals surface area contributed by atoms with Crippen LogP contribution in [0.3, 0.4) is 0 Å². The highest BCUT2D eigenvalue weighted by molar-refractivity contribution is 7.22. The Balaban J connectivity index is 0.000000161. The molecule has 378 valence electrons. The van der Waals surface area contributed by atoms with Crippen molar-refractivity contribution in [1.82, 2.24) is 19.8 Å². The number of fused-ring (bicyclic) bond motifs is 6. The number of anilines is 2. The third-order valence-corrected chi connectivity index (χ3v) is 15.3. The van der Waals surface area contributed by atoms with E-state index in [1.54, 1.807) is 60.0 Å². The predicted octanol–water partition coefficient (Wildman–Crippen LogP) is 10.8. The topological polar surface area (TPSA) is 186 Å². The summed E-state index contributed by atoms with van der Waals surface area (Å²) in [7, 11) is 2.99. The van der Waals surface area contributed by atoms with Crippen LogP contribution in [-0.4, -0.2) is 108 Å². The van der Waals surface area contributed by atoms with Crippen molar-refractivity contribution in [3.05, 3.63) is 132 Å². The highest BCUT2D eigenvalue weighted by Crippen LogP contribution is 2.40. The number of nitrogens with one attached hydrogen (secondary N) is 2. The second-order valence-electron chi connectivity index (χ2n) is 18.0. The largest absolute Gasteiger partial charge is 0.493 e. The number of aromatic nitrogens is 2. The molecule has 6 aromatic carbocycles. The van der Waals surface area contributed by atoms with Crippen molar-refractivity contribution in [1.29, 1.82) is 0 Å². The summed E-state index contributed by atoms with van der Waals surface area (Å²) < 4.78 is 37.8. The van der Waals surface area contributed by atoms with Gasteiger partial charge in [0.05, 0.1) is 69.2 Å². The number of nitrogens with zero attached hydrogens (tertiary/aromatic N) is 6. The molecule has 75 heavy (non-hydrogen) atoms. The van der Waals surface area contributed by atoms with Gasteiger partial charge in [-0.1, -0.05) is 12.1 Å². The SMILES string of the molecule is COc1cc2c(cc1OCC(=O)Nc1ccc(-c3nc4ccc(F)cc4s3)cc1)N=C[C@@H]1CCCN1C2=O.COc1cc2c(cc1OCC(=O)Nc1ccc(-c3nc4ccccc4s3)cc1)N=C[C@@H]1CCCN1C2=O. The quantitative estimate of drug-likeness (QED) is 0.119. The predicted molar refractivity (Wildman–Crippen MR) is 289 cm³/mol. The molecule has 0 bridgehead atoms. The molecular weight excluding hydrogens is 996 g/mol. The molecular formula is C56H47FN8O8S2. The Morgan fingerprint density at radius 2 is 1.08 bits per heavy atom. The molecule has 4 aliphatic rings. The van der Waals surface area contributed by atoms with Gasteiger partial charge in [0.1, 0.15) is 15.8 Å². The van der Waals surface area contributed by atoms with Gasteiger partial charge in [-0.15, -0.1) is 22.7 Å². The highest BCUT2D eigenvalue weighted by atomic mass is 32.1. The van der Waals surface area contributed by atoms with E-state index in [4.69, 9.17) is 18.9 Å². The minimum atomic E-state index is -0.356. The number of halogens is 1. The van der Waals surface area contributed by atoms with Gasteiger partial charge in [0.15, 0.2) is 36.2 Å². The minimum Gasteiger partial charge on any atom is -0.493 e. The van der Waals surface area contributed by atoms with Crippen LogP contribution in [0.25, 0.3) is 41.6 Å². The van der Waals surface area contributed by atoms with Gasteiger partial charge in [-0.3, -0.25) is 29.2 Å². The summed E-state index contributed by atoms with van der Waals surface area (Å²) in [5, 5.41) is 7.35. The van der Waals surface area contributed by atoms with Gasteiger partial charge in [-0.2, -0.15) is 0 Å². The molecule has 0 spiro atoms. The molecule has 16 nitrogen and oxygen atoms in total. The van der Waals surface area contributed by atoms with E-state index in [-0.39, 0.29) is 54.7 Å². The Kier molecular flexibility index (Phi) is 13.7. The number of ether oxygens (including phenoxy) is 4. The first-order valence-electron chi connectivity index (χ1n) is 24.2. The molecule has 0 unspecified atom stereocenters. The van der Waals surface area contributed by atoms with Crippen molar-refractivity contribution < 1.29 is 42.5 Å². The highest BCUT2D eigenvalue weighted by Gasteiger charge is 2.34. The van der Waals surface area contributed by atoms with Crippen LogP contribution in [0.5, 0.6) is 23.0 Å². The molecule has 0 aliphatic carbocycles. The molecule has 0 saturated carbocycles. The Labute approximate surface area is 437 Å². The third kappa shape index (κ3) is 10.4. The molecule has 4 amide bonds. The van der Waals surface area contributed by atoms with Crippen LogP contribution < -0.4 is 29.6 Å². The molecule has 8 aromatic rings. The Morgan fingerprint density at radius 3 is 1.57 bits per heavy atom. The van der Waals surface area contributed by atoms with E-state index in [1.165, 1.54) is 37.7 Å². The number of carbonyl (C=O) groups excluding carboxylic acids is 4. The van der Waals surface area contributed by atoms with E-state index < -0.39 is 0 Å². The van der Waals surface area contributed by atoms with Crippen molar-refractivity contribution in [2.45, 2.75) is 37.8 Å². The Bertz CT molecular complexity index is 3550. The summed E-state index contributed by atoms with van der Waals surface area (Å²) in [6.45, 7) is 0.947. The van der Waals surface area contributed by atoms with Gasteiger partial charge >= 0.3 is 0 Å². The van der Waals surface area contributed by atoms with Gasteiger partial charge in [0, 0.05) is 60.2 Å². The van der Waals surface area contributed by atoms with Gasteiger partial charge in [0.2, 0.25) is 0 Å². The van der Waals surface area contributed by atoms with Crippen LogP contribution in [0, 0.1) is 5.82 Å². The molecule has 0 radical (unpaired) electrons. The first-order valence-corrected chi connectivity index (χ1v) is 25.8. The first kappa shape index (κ1) is 48.7. The van der Waals surface area contributed by atoms with Crippen LogP contribution in [0.15, 0.2) is 125 Å². The van der Waals surface area contributed by atoms with E-state index >= 15 is 0 Å². The third-order valence-electron chi connectivity index (χ3n) is 13.1. The van der Waals surface area contributed by atoms with Crippen LogP contribution >= 0.6 is 22.7 Å². The number of hydrogen-bond acceptors (Lipinski definition) is 14. The lowest BCUT2D eigenvalue weighted by Gasteiger charge is -2.20. The number of hydrogen-bond donors (Lipinski definition) is 2. The monoisotopic (exact) mass is 1040 g/mol. The van der Waals surface area contributed by atoms with E-state index in [1.807, 2.05) is 70.6 Å². The first-order chi connectivity index (χ1) is 36.6. The van der Waals surface area contributed by atoms with E-state index in [0.29, 0.717) is 63.4 Å². The summed E-state index contributed by atoms with van der Waals surface area (Å²) >= 11 is 3.04. The molecule has 2 N–H and O–H groups in total. The molecule has 2 saturated heterocycles. The number of amides is 4. The zero-order chi connectivity index (χ0) is 51.6. The second-order valence-corrected chi connectivity index (χ2v) is 20.0. The summed E-state index contributed by atoms with van der Waals surface area (Å²) in [5.74, 6) is 0.320. The number of methoxy groups -OCH3 is 2. The zero-order valence-corrected chi connectivity index (χ0v) is 42.2. The molecule has 4 aliphatic heterocycles. The van der Waals surface area contributed by atoms with Crippen LogP contribution in [0.4, 0.5) is 27.1 Å². The number of carbonyl (C=O) groups is 4. The summed E-state index contributed by atoms with van der Waals surface area (Å²) in [4.78, 5) is 73.2. The van der Waals surface area contributed by atoms with Gasteiger partial charge in [-0.05, 0) is 117 Å². The fraction of sp³-hybridized carbons (Fsp3) is 0.214. The number of benzene rings is 6. The summed E-state index contributed by atoms with van der Waals surface area (Å²) in [5.41, 5.74) is 6.76. The maximum absolute atomic E-state index is 13.5. The average molecular weight is 1040 g/mol. The van der Waals surface area contributed by atoms with Crippen LogP contribution in [0.2, 0.25) is 0 Å². The zero-order valence-electron chi connectivity index (χ0n) is 40.6. The minimum absolute atomic E-state index is 0.0000760. The van der Waals surface area contributed by atoms with Crippen LogP contribution in [-0.2, 0) is 9.59 Å². The average Bonchev–Trinajstić information content (AvgIpc) is 4.26. The fourth-order valence-electron chi connectivity index (χ4n) is 9.33. The van der Waals surface area contributed by atoms with E-state index in [0.717, 1.165) is 73.8 Å². The summed E-state index contributed by atoms with van der Waals surface area (Å²) in [6.07, 6.45) is 7.34. The van der Waals surface area contributed by atoms with Gasteiger partial charge in [0.25, 0.3) is 23.6 Å². The molecule has 2 atom stereocenters.